The maximum atomic E-state index is 13.9. The summed E-state index contributed by atoms with van der Waals surface area (Å²) in [6, 6.07) is 12.7. The lowest BCUT2D eigenvalue weighted by Gasteiger charge is -2.23. The minimum atomic E-state index is -0.899. The van der Waals surface area contributed by atoms with Crippen LogP contribution in [0.3, 0.4) is 0 Å². The Bertz CT molecular complexity index is 2020. The number of esters is 1. The highest BCUT2D eigenvalue weighted by molar-refractivity contribution is 9.10. The van der Waals surface area contributed by atoms with Crippen LogP contribution in [0.2, 0.25) is 0 Å². The first-order chi connectivity index (χ1) is 22.1. The quantitative estimate of drug-likeness (QED) is 0.118. The molecule has 2 heterocycles. The third kappa shape index (κ3) is 6.72. The van der Waals surface area contributed by atoms with Gasteiger partial charge in [0.05, 0.1) is 45.9 Å². The summed E-state index contributed by atoms with van der Waals surface area (Å²) in [6.45, 7) is 4.43. The maximum Gasteiger partial charge on any atom is 0.337 e. The Hall–Kier alpha value is -4.82. The van der Waals surface area contributed by atoms with Crippen LogP contribution in [0, 0.1) is 15.9 Å². The monoisotopic (exact) mass is 711 g/mol. The van der Waals surface area contributed by atoms with Crippen molar-refractivity contribution in [3.63, 3.8) is 0 Å². The van der Waals surface area contributed by atoms with Crippen molar-refractivity contribution < 1.29 is 33.1 Å². The topological polar surface area (TPSA) is 131 Å². The van der Waals surface area contributed by atoms with Crippen LogP contribution in [0.15, 0.2) is 80.6 Å². The van der Waals surface area contributed by atoms with E-state index in [9.17, 15) is 24.1 Å². The van der Waals surface area contributed by atoms with Gasteiger partial charge in [-0.2, -0.15) is 0 Å². The molecule has 0 bridgehead atoms. The number of carbonyl (C=O) groups is 1. The van der Waals surface area contributed by atoms with E-state index in [4.69, 9.17) is 18.9 Å². The number of nitrogens with zero attached hydrogens (tertiary/aromatic N) is 3. The molecule has 4 aromatic rings. The number of nitro benzene ring substituents is 1. The first kappa shape index (κ1) is 32.6. The second kappa shape index (κ2) is 14.1. The van der Waals surface area contributed by atoms with E-state index in [0.29, 0.717) is 46.2 Å². The van der Waals surface area contributed by atoms with Crippen LogP contribution >= 0.6 is 27.3 Å². The van der Waals surface area contributed by atoms with Gasteiger partial charge in [-0.25, -0.2) is 14.2 Å². The van der Waals surface area contributed by atoms with Gasteiger partial charge in [-0.15, -0.1) is 0 Å². The van der Waals surface area contributed by atoms with Crippen molar-refractivity contribution in [2.75, 3.05) is 20.3 Å². The maximum absolute atomic E-state index is 13.9. The molecule has 0 saturated carbocycles. The molecule has 5 rings (SSSR count). The molecule has 0 amide bonds. The molecule has 1 aromatic heterocycles. The summed E-state index contributed by atoms with van der Waals surface area (Å²) in [7, 11) is 1.24. The molecule has 46 heavy (non-hydrogen) atoms. The van der Waals surface area contributed by atoms with E-state index in [1.807, 2.05) is 13.8 Å². The lowest BCUT2D eigenvalue weighted by Crippen LogP contribution is -2.39. The second-order valence-corrected chi connectivity index (χ2v) is 11.6. The third-order valence-corrected chi connectivity index (χ3v) is 8.43. The van der Waals surface area contributed by atoms with E-state index in [0.717, 1.165) is 11.3 Å². The van der Waals surface area contributed by atoms with E-state index in [-0.39, 0.29) is 32.6 Å². The number of rotatable bonds is 11. The molecule has 0 saturated heterocycles. The molecular weight excluding hydrogens is 685 g/mol. The molecule has 14 heteroatoms. The predicted octanol–water partition coefficient (Wildman–Crippen LogP) is 5.20. The van der Waals surface area contributed by atoms with Gasteiger partial charge in [0.15, 0.2) is 16.3 Å². The number of nitro groups is 1. The highest BCUT2D eigenvalue weighted by atomic mass is 79.9. The molecule has 0 radical (unpaired) electrons. The van der Waals surface area contributed by atoms with Crippen LogP contribution in [-0.4, -0.2) is 35.8 Å². The zero-order chi connectivity index (χ0) is 33.0. The van der Waals surface area contributed by atoms with Crippen molar-refractivity contribution in [3.8, 4) is 17.2 Å². The minimum absolute atomic E-state index is 0.0174. The molecule has 0 fully saturated rings. The molecule has 0 unspecified atom stereocenters. The molecule has 0 aliphatic carbocycles. The van der Waals surface area contributed by atoms with Gasteiger partial charge in [-0.05, 0) is 82.9 Å². The fourth-order valence-electron chi connectivity index (χ4n) is 4.84. The smallest absolute Gasteiger partial charge is 0.337 e. The normalized spacial score (nSPS) is 14.2. The van der Waals surface area contributed by atoms with Crippen molar-refractivity contribution in [2.24, 2.45) is 4.99 Å². The fraction of sp³-hybridized carbons (Fsp3) is 0.219. The Morgan fingerprint density at radius 3 is 2.48 bits per heavy atom. The SMILES string of the molecule is CCOc1ccc([C@H]2C(C(=O)OC)=CN=c3s/c(=C/c4cc(Br)c(OCc5ccc(F)cc5)c([N+](=O)[O-])c4)c(=O)n32)cc1OCC. The highest BCUT2D eigenvalue weighted by Crippen LogP contribution is 2.38. The molecule has 1 atom stereocenters. The number of fused-ring (bicyclic) bond motifs is 1. The predicted molar refractivity (Wildman–Crippen MR) is 171 cm³/mol. The van der Waals surface area contributed by atoms with Crippen molar-refractivity contribution >= 4 is 45.0 Å². The highest BCUT2D eigenvalue weighted by Gasteiger charge is 2.31. The number of ether oxygens (including phenoxy) is 4. The summed E-state index contributed by atoms with van der Waals surface area (Å²) < 4.78 is 37.4. The van der Waals surface area contributed by atoms with E-state index in [1.54, 1.807) is 24.3 Å². The molecule has 1 aliphatic heterocycles. The first-order valence-corrected chi connectivity index (χ1v) is 15.6. The van der Waals surface area contributed by atoms with Gasteiger partial charge >= 0.3 is 11.7 Å². The lowest BCUT2D eigenvalue weighted by molar-refractivity contribution is -0.386. The summed E-state index contributed by atoms with van der Waals surface area (Å²) in [4.78, 5) is 42.9. The van der Waals surface area contributed by atoms with Crippen LogP contribution in [0.1, 0.15) is 36.6 Å². The molecule has 238 valence electrons. The summed E-state index contributed by atoms with van der Waals surface area (Å²) in [6.07, 6.45) is 2.88. The van der Waals surface area contributed by atoms with E-state index in [2.05, 4.69) is 20.9 Å². The van der Waals surface area contributed by atoms with Gasteiger partial charge in [-0.3, -0.25) is 19.5 Å². The summed E-state index contributed by atoms with van der Waals surface area (Å²) in [5.41, 5.74) is 0.863. The third-order valence-electron chi connectivity index (χ3n) is 6.85. The second-order valence-electron chi connectivity index (χ2n) is 9.77. The Kier molecular flexibility index (Phi) is 9.97. The standard InChI is InChI=1S/C32H27BrFN3O8S/c1-4-43-25-11-8-20(15-26(25)44-5-2)28-22(31(39)42-3)16-35-32-36(28)30(38)27(46-32)14-19-12-23(33)29(24(13-19)37(40)41)45-17-18-6-9-21(34)10-7-18/h6-16,28H,4-5,17H2,1-3H3/b27-14+/t28-/m0/s1. The van der Waals surface area contributed by atoms with Crippen LogP contribution in [0.4, 0.5) is 10.1 Å². The summed E-state index contributed by atoms with van der Waals surface area (Å²) in [5.74, 6) is -0.125. The van der Waals surface area contributed by atoms with E-state index >= 15 is 0 Å². The minimum Gasteiger partial charge on any atom is -0.490 e. The van der Waals surface area contributed by atoms with E-state index in [1.165, 1.54) is 54.3 Å². The van der Waals surface area contributed by atoms with Gasteiger partial charge < -0.3 is 18.9 Å². The Morgan fingerprint density at radius 2 is 1.80 bits per heavy atom. The van der Waals surface area contributed by atoms with Gasteiger partial charge in [0.2, 0.25) is 5.75 Å². The molecule has 1 aliphatic rings. The Labute approximate surface area is 274 Å². The summed E-state index contributed by atoms with van der Waals surface area (Å²) in [5, 5.41) is 12.0. The Morgan fingerprint density at radius 1 is 1.09 bits per heavy atom. The molecular formula is C32H27BrFN3O8S. The van der Waals surface area contributed by atoms with Gasteiger partial charge in [-0.1, -0.05) is 29.5 Å². The van der Waals surface area contributed by atoms with Gasteiger partial charge in [0, 0.05) is 12.3 Å². The number of thiazole rings is 1. The number of carbonyl (C=O) groups excluding carboxylic acids is 1. The average molecular weight is 713 g/mol. The fourth-order valence-corrected chi connectivity index (χ4v) is 6.39. The van der Waals surface area contributed by atoms with Crippen LogP contribution in [0.5, 0.6) is 17.2 Å². The van der Waals surface area contributed by atoms with Crippen LogP contribution in [-0.2, 0) is 16.1 Å². The van der Waals surface area contributed by atoms with Crippen LogP contribution in [0.25, 0.3) is 6.08 Å². The zero-order valence-corrected chi connectivity index (χ0v) is 27.2. The van der Waals surface area contributed by atoms with Crippen LogP contribution < -0.4 is 29.1 Å². The van der Waals surface area contributed by atoms with Crippen molar-refractivity contribution in [1.29, 1.82) is 0 Å². The number of halogens is 2. The van der Waals surface area contributed by atoms with E-state index < -0.39 is 28.3 Å². The number of benzene rings is 3. The van der Waals surface area contributed by atoms with Gasteiger partial charge in [0.1, 0.15) is 12.4 Å². The molecule has 0 spiro atoms. The molecule has 11 nitrogen and oxygen atoms in total. The largest absolute Gasteiger partial charge is 0.490 e. The van der Waals surface area contributed by atoms with Crippen molar-refractivity contribution in [3.05, 3.63) is 123 Å². The van der Waals surface area contributed by atoms with Crippen molar-refractivity contribution in [1.82, 2.24) is 4.57 Å². The number of aromatic nitrogens is 1. The number of methoxy groups -OCH3 is 1. The first-order valence-electron chi connectivity index (χ1n) is 14.0. The lowest BCUT2D eigenvalue weighted by atomic mass is 9.97. The number of hydrogen-bond acceptors (Lipinski definition) is 10. The zero-order valence-electron chi connectivity index (χ0n) is 24.8. The summed E-state index contributed by atoms with van der Waals surface area (Å²) >= 11 is 4.42. The molecule has 3 aromatic carbocycles. The van der Waals surface area contributed by atoms with Gasteiger partial charge in [0.25, 0.3) is 5.56 Å². The Balaban J connectivity index is 1.58. The van der Waals surface area contributed by atoms with Crippen molar-refractivity contribution in [2.45, 2.75) is 26.5 Å². The number of hydrogen-bond donors (Lipinski definition) is 0. The average Bonchev–Trinajstić information content (AvgIpc) is 3.35. The molecule has 0 N–H and O–H groups in total.